The van der Waals surface area contributed by atoms with Gasteiger partial charge in [0.05, 0.1) is 11.5 Å². The summed E-state index contributed by atoms with van der Waals surface area (Å²) in [6.07, 6.45) is 5.57. The van der Waals surface area contributed by atoms with E-state index in [9.17, 15) is 12.8 Å². The molecule has 0 radical (unpaired) electrons. The van der Waals surface area contributed by atoms with E-state index in [1.54, 1.807) is 0 Å². The van der Waals surface area contributed by atoms with Crippen molar-refractivity contribution in [2.24, 2.45) is 5.92 Å². The van der Waals surface area contributed by atoms with Crippen LogP contribution in [0.2, 0.25) is 0 Å². The van der Waals surface area contributed by atoms with Crippen LogP contribution in [0.1, 0.15) is 32.6 Å². The van der Waals surface area contributed by atoms with Crippen LogP contribution in [-0.2, 0) is 9.84 Å². The largest absolute Gasteiger partial charge is 0.490 e. The number of nitrogens with zero attached hydrogens (tertiary/aromatic N) is 1. The van der Waals surface area contributed by atoms with Gasteiger partial charge in [-0.2, -0.15) is 0 Å². The second-order valence-electron chi connectivity index (χ2n) is 7.70. The van der Waals surface area contributed by atoms with Crippen LogP contribution in [-0.4, -0.2) is 57.9 Å². The lowest BCUT2D eigenvalue weighted by atomic mass is 9.85. The van der Waals surface area contributed by atoms with Crippen molar-refractivity contribution in [3.05, 3.63) is 24.0 Å². The van der Waals surface area contributed by atoms with Gasteiger partial charge in [0, 0.05) is 38.0 Å². The third-order valence-electron chi connectivity index (χ3n) is 5.54. The molecule has 3 rings (SSSR count). The first-order valence-corrected chi connectivity index (χ1v) is 11.3. The van der Waals surface area contributed by atoms with E-state index in [-0.39, 0.29) is 10.6 Å². The van der Waals surface area contributed by atoms with Crippen molar-refractivity contribution < 1.29 is 17.5 Å². The van der Waals surface area contributed by atoms with Crippen LogP contribution < -0.4 is 10.1 Å². The summed E-state index contributed by atoms with van der Waals surface area (Å²) in [5.74, 6) is -0.0487. The predicted octanol–water partition coefficient (Wildman–Crippen LogP) is 2.46. The summed E-state index contributed by atoms with van der Waals surface area (Å²) in [5.41, 5.74) is 0. The highest BCUT2D eigenvalue weighted by Crippen LogP contribution is 2.29. The summed E-state index contributed by atoms with van der Waals surface area (Å²) in [4.78, 5) is 2.58. The van der Waals surface area contributed by atoms with Gasteiger partial charge in [0.1, 0.15) is 0 Å². The molecular weight excluding hydrogens is 355 g/mol. The fourth-order valence-electron chi connectivity index (χ4n) is 4.01. The van der Waals surface area contributed by atoms with Crippen LogP contribution in [0.5, 0.6) is 5.75 Å². The van der Waals surface area contributed by atoms with E-state index in [0.29, 0.717) is 24.6 Å². The van der Waals surface area contributed by atoms with E-state index in [1.807, 2.05) is 0 Å². The first-order chi connectivity index (χ1) is 12.3. The molecule has 1 saturated heterocycles. The van der Waals surface area contributed by atoms with Crippen molar-refractivity contribution in [3.63, 3.8) is 0 Å². The Morgan fingerprint density at radius 2 is 2.00 bits per heavy atom. The van der Waals surface area contributed by atoms with Crippen LogP contribution in [0.25, 0.3) is 0 Å². The third kappa shape index (κ3) is 4.96. The topological polar surface area (TPSA) is 58.6 Å². The van der Waals surface area contributed by atoms with E-state index in [2.05, 4.69) is 17.1 Å². The number of halogens is 1. The van der Waals surface area contributed by atoms with Gasteiger partial charge < -0.3 is 10.1 Å². The molecule has 26 heavy (non-hydrogen) atoms. The molecule has 7 heteroatoms. The summed E-state index contributed by atoms with van der Waals surface area (Å²) in [7, 11) is -3.40. The summed E-state index contributed by atoms with van der Waals surface area (Å²) in [6.45, 7) is 6.01. The van der Waals surface area contributed by atoms with E-state index >= 15 is 0 Å². The monoisotopic (exact) mass is 384 g/mol. The number of ether oxygens (including phenoxy) is 1. The summed E-state index contributed by atoms with van der Waals surface area (Å²) in [5, 5.41) is 3.48. The maximum atomic E-state index is 14.1. The van der Waals surface area contributed by atoms with Gasteiger partial charge in [-0.15, -0.1) is 0 Å². The van der Waals surface area contributed by atoms with E-state index in [4.69, 9.17) is 4.74 Å². The van der Waals surface area contributed by atoms with Crippen LogP contribution in [0.4, 0.5) is 4.39 Å². The third-order valence-corrected chi connectivity index (χ3v) is 6.65. The molecule has 0 aromatic heterocycles. The quantitative estimate of drug-likeness (QED) is 0.845. The molecule has 1 aromatic carbocycles. The van der Waals surface area contributed by atoms with Crippen molar-refractivity contribution in [2.45, 2.75) is 49.6 Å². The Morgan fingerprint density at radius 3 is 2.62 bits per heavy atom. The zero-order valence-electron chi connectivity index (χ0n) is 15.6. The van der Waals surface area contributed by atoms with Gasteiger partial charge in [-0.3, -0.25) is 4.90 Å². The van der Waals surface area contributed by atoms with Gasteiger partial charge in [-0.05, 0) is 56.7 Å². The molecular formula is C19H29FN2O3S. The number of sulfone groups is 1. The van der Waals surface area contributed by atoms with Crippen LogP contribution in [0, 0.1) is 11.7 Å². The van der Waals surface area contributed by atoms with E-state index < -0.39 is 15.7 Å². The zero-order chi connectivity index (χ0) is 18.7. The molecule has 1 aromatic rings. The smallest absolute Gasteiger partial charge is 0.175 e. The molecule has 0 bridgehead atoms. The number of benzene rings is 1. The first kappa shape index (κ1) is 19.6. The van der Waals surface area contributed by atoms with Crippen LogP contribution >= 0.6 is 0 Å². The molecule has 146 valence electrons. The van der Waals surface area contributed by atoms with Crippen molar-refractivity contribution in [3.8, 4) is 5.75 Å². The number of piperazine rings is 1. The van der Waals surface area contributed by atoms with Crippen LogP contribution in [0.15, 0.2) is 23.1 Å². The molecule has 0 spiro atoms. The molecule has 1 aliphatic heterocycles. The number of hydrogen-bond acceptors (Lipinski definition) is 5. The summed E-state index contributed by atoms with van der Waals surface area (Å²) in [6, 6.07) is 5.06. The fraction of sp³-hybridized carbons (Fsp3) is 0.684. The maximum absolute atomic E-state index is 14.1. The summed E-state index contributed by atoms with van der Waals surface area (Å²) >= 11 is 0. The zero-order valence-corrected chi connectivity index (χ0v) is 16.4. The molecule has 1 N–H and O–H groups in total. The first-order valence-electron chi connectivity index (χ1n) is 9.43. The van der Waals surface area contributed by atoms with Gasteiger partial charge in [0.15, 0.2) is 21.4 Å². The second-order valence-corrected chi connectivity index (χ2v) is 9.72. The van der Waals surface area contributed by atoms with Gasteiger partial charge in [-0.1, -0.05) is 0 Å². The average molecular weight is 385 g/mol. The minimum Gasteiger partial charge on any atom is -0.490 e. The summed E-state index contributed by atoms with van der Waals surface area (Å²) < 4.78 is 42.7. The molecule has 2 aliphatic rings. The highest BCUT2D eigenvalue weighted by Gasteiger charge is 2.28. The van der Waals surface area contributed by atoms with Crippen molar-refractivity contribution in [2.75, 3.05) is 32.5 Å². The SMILES string of the molecule is CC1CN(C2CCC(COc3ccc(S(C)(=O)=O)cc3F)CC2)CCN1. The molecule has 1 saturated carbocycles. The Morgan fingerprint density at radius 1 is 1.27 bits per heavy atom. The Balaban J connectivity index is 1.48. The number of nitrogens with one attached hydrogen (secondary N) is 1. The Labute approximate surface area is 155 Å². The Hall–Kier alpha value is -1.18. The maximum Gasteiger partial charge on any atom is 0.175 e. The van der Waals surface area contributed by atoms with Gasteiger partial charge in [-0.25, -0.2) is 12.8 Å². The second kappa shape index (κ2) is 8.23. The van der Waals surface area contributed by atoms with Gasteiger partial charge >= 0.3 is 0 Å². The van der Waals surface area contributed by atoms with Gasteiger partial charge in [0.2, 0.25) is 0 Å². The average Bonchev–Trinajstić information content (AvgIpc) is 2.60. The predicted molar refractivity (Wildman–Crippen MR) is 99.8 cm³/mol. The van der Waals surface area contributed by atoms with Crippen molar-refractivity contribution in [1.29, 1.82) is 0 Å². The number of rotatable bonds is 5. The van der Waals surface area contributed by atoms with E-state index in [1.165, 1.54) is 12.1 Å². The van der Waals surface area contributed by atoms with Crippen molar-refractivity contribution in [1.82, 2.24) is 10.2 Å². The highest BCUT2D eigenvalue weighted by molar-refractivity contribution is 7.90. The molecule has 1 unspecified atom stereocenters. The van der Waals surface area contributed by atoms with Crippen molar-refractivity contribution >= 4 is 9.84 Å². The van der Waals surface area contributed by atoms with E-state index in [0.717, 1.165) is 57.6 Å². The molecule has 2 fully saturated rings. The molecule has 1 heterocycles. The van der Waals surface area contributed by atoms with Crippen LogP contribution in [0.3, 0.4) is 0 Å². The Kier molecular flexibility index (Phi) is 6.20. The Bertz CT molecular complexity index is 717. The highest BCUT2D eigenvalue weighted by atomic mass is 32.2. The lowest BCUT2D eigenvalue weighted by molar-refractivity contribution is 0.0923. The molecule has 1 atom stereocenters. The van der Waals surface area contributed by atoms with Gasteiger partial charge in [0.25, 0.3) is 0 Å². The fourth-order valence-corrected chi connectivity index (χ4v) is 4.64. The molecule has 5 nitrogen and oxygen atoms in total. The molecule has 1 aliphatic carbocycles. The number of hydrogen-bond donors (Lipinski definition) is 1. The lowest BCUT2D eigenvalue weighted by Crippen LogP contribution is -2.53. The standard InChI is InChI=1S/C19H29FN2O3S/c1-14-12-22(10-9-21-14)16-5-3-15(4-6-16)13-25-19-8-7-17(11-18(19)20)26(2,23)24/h7-8,11,14-16,21H,3-6,9-10,12-13H2,1-2H3. The normalized spacial score (nSPS) is 28.0. The minimum absolute atomic E-state index is 0.0203. The lowest BCUT2D eigenvalue weighted by Gasteiger charge is -2.41. The minimum atomic E-state index is -3.40. The molecule has 0 amide bonds.